The molecule has 0 spiro atoms. The molecule has 1 N–H and O–H groups in total. The monoisotopic (exact) mass is 259 g/mol. The van der Waals surface area contributed by atoms with Crippen molar-refractivity contribution in [3.05, 3.63) is 23.8 Å². The molecule has 0 saturated carbocycles. The van der Waals surface area contributed by atoms with Crippen LogP contribution in [-0.2, 0) is 9.53 Å². The Labute approximate surface area is 112 Å². The summed E-state index contributed by atoms with van der Waals surface area (Å²) in [5.74, 6) is -0.277. The van der Waals surface area contributed by atoms with E-state index in [0.29, 0.717) is 0 Å². The first-order chi connectivity index (χ1) is 9.20. The number of nitrogens with zero attached hydrogens (tertiary/aromatic N) is 2. The van der Waals surface area contributed by atoms with Gasteiger partial charge < -0.3 is 15.0 Å². The van der Waals surface area contributed by atoms with Crippen molar-refractivity contribution in [1.29, 1.82) is 5.26 Å². The number of ether oxygens (including phenoxy) is 1. The van der Waals surface area contributed by atoms with Crippen molar-refractivity contribution < 1.29 is 9.53 Å². The highest BCUT2D eigenvalue weighted by molar-refractivity contribution is 5.92. The number of carbonyl (C=O) groups is 1. The van der Waals surface area contributed by atoms with Crippen molar-refractivity contribution in [1.82, 2.24) is 0 Å². The van der Waals surface area contributed by atoms with E-state index in [1.165, 1.54) is 5.69 Å². The fourth-order valence-corrected chi connectivity index (χ4v) is 2.17. The number of benzene rings is 1. The molecule has 1 aromatic carbocycles. The average Bonchev–Trinajstić information content (AvgIpc) is 2.40. The first kappa shape index (κ1) is 13.4. The van der Waals surface area contributed by atoms with Gasteiger partial charge in [0.05, 0.1) is 19.3 Å². The second kappa shape index (κ2) is 6.21. The minimum atomic E-state index is -0.277. The second-order valence-corrected chi connectivity index (χ2v) is 4.48. The van der Waals surface area contributed by atoms with Crippen LogP contribution in [0.25, 0.3) is 0 Å². The van der Waals surface area contributed by atoms with E-state index >= 15 is 0 Å². The summed E-state index contributed by atoms with van der Waals surface area (Å²) in [5, 5.41) is 11.2. The van der Waals surface area contributed by atoms with Crippen molar-refractivity contribution in [3.8, 4) is 6.07 Å². The van der Waals surface area contributed by atoms with Crippen LogP contribution in [0, 0.1) is 18.3 Å². The maximum Gasteiger partial charge on any atom is 0.238 e. The van der Waals surface area contributed by atoms with Crippen molar-refractivity contribution >= 4 is 17.3 Å². The van der Waals surface area contributed by atoms with Gasteiger partial charge in [-0.25, -0.2) is 0 Å². The smallest absolute Gasteiger partial charge is 0.238 e. The summed E-state index contributed by atoms with van der Waals surface area (Å²) in [5.41, 5.74) is 3.01. The first-order valence-corrected chi connectivity index (χ1v) is 6.31. The SMILES string of the molecule is Cc1cc(NC(=O)CC#N)ccc1N1CCOCC1. The number of nitrogens with one attached hydrogen (secondary N) is 1. The average molecular weight is 259 g/mol. The van der Waals surface area contributed by atoms with Crippen molar-refractivity contribution in [2.24, 2.45) is 0 Å². The topological polar surface area (TPSA) is 65.4 Å². The quantitative estimate of drug-likeness (QED) is 0.897. The summed E-state index contributed by atoms with van der Waals surface area (Å²) in [4.78, 5) is 13.6. The largest absolute Gasteiger partial charge is 0.378 e. The summed E-state index contributed by atoms with van der Waals surface area (Å²) >= 11 is 0. The van der Waals surface area contributed by atoms with Gasteiger partial charge in [-0.3, -0.25) is 4.79 Å². The van der Waals surface area contributed by atoms with E-state index in [0.717, 1.165) is 37.6 Å². The maximum absolute atomic E-state index is 11.3. The van der Waals surface area contributed by atoms with E-state index in [1.54, 1.807) is 0 Å². The molecular formula is C14H17N3O2. The lowest BCUT2D eigenvalue weighted by molar-refractivity contribution is -0.115. The van der Waals surface area contributed by atoms with E-state index in [1.807, 2.05) is 31.2 Å². The van der Waals surface area contributed by atoms with Crippen molar-refractivity contribution in [2.75, 3.05) is 36.5 Å². The number of carbonyl (C=O) groups excluding carboxylic acids is 1. The number of hydrogen-bond donors (Lipinski definition) is 1. The molecule has 1 amide bonds. The minimum Gasteiger partial charge on any atom is -0.378 e. The van der Waals surface area contributed by atoms with Crippen LogP contribution < -0.4 is 10.2 Å². The first-order valence-electron chi connectivity index (χ1n) is 6.31. The molecule has 1 heterocycles. The van der Waals surface area contributed by atoms with E-state index in [-0.39, 0.29) is 12.3 Å². The van der Waals surface area contributed by atoms with Gasteiger partial charge in [-0.15, -0.1) is 0 Å². The highest BCUT2D eigenvalue weighted by atomic mass is 16.5. The van der Waals surface area contributed by atoms with Gasteiger partial charge in [-0.2, -0.15) is 5.26 Å². The zero-order chi connectivity index (χ0) is 13.7. The van der Waals surface area contributed by atoms with Crippen LogP contribution in [0.3, 0.4) is 0 Å². The number of amides is 1. The summed E-state index contributed by atoms with van der Waals surface area (Å²) in [6.07, 6.45) is -0.121. The molecule has 1 aliphatic heterocycles. The van der Waals surface area contributed by atoms with Gasteiger partial charge >= 0.3 is 0 Å². The van der Waals surface area contributed by atoms with Crippen LogP contribution in [0.5, 0.6) is 0 Å². The Bertz CT molecular complexity index is 502. The lowest BCUT2D eigenvalue weighted by atomic mass is 10.1. The van der Waals surface area contributed by atoms with Crippen LogP contribution in [0.1, 0.15) is 12.0 Å². The fraction of sp³-hybridized carbons (Fsp3) is 0.429. The molecule has 5 nitrogen and oxygen atoms in total. The lowest BCUT2D eigenvalue weighted by Gasteiger charge is -2.30. The Kier molecular flexibility index (Phi) is 4.37. The van der Waals surface area contributed by atoms with Gasteiger partial charge in [0.25, 0.3) is 0 Å². The molecule has 0 aromatic heterocycles. The van der Waals surface area contributed by atoms with Gasteiger partial charge in [0, 0.05) is 24.5 Å². The van der Waals surface area contributed by atoms with Crippen LogP contribution in [0.4, 0.5) is 11.4 Å². The summed E-state index contributed by atoms with van der Waals surface area (Å²) in [6, 6.07) is 7.63. The molecule has 0 atom stereocenters. The molecule has 5 heteroatoms. The van der Waals surface area contributed by atoms with Crippen LogP contribution >= 0.6 is 0 Å². The molecular weight excluding hydrogens is 242 g/mol. The highest BCUT2D eigenvalue weighted by Crippen LogP contribution is 2.24. The van der Waals surface area contributed by atoms with Gasteiger partial charge in [-0.1, -0.05) is 0 Å². The maximum atomic E-state index is 11.3. The molecule has 0 aliphatic carbocycles. The van der Waals surface area contributed by atoms with Gasteiger partial charge in [-0.05, 0) is 30.7 Å². The Balaban J connectivity index is 2.08. The third-order valence-corrected chi connectivity index (χ3v) is 3.07. The minimum absolute atomic E-state index is 0.121. The van der Waals surface area contributed by atoms with Gasteiger partial charge in [0.15, 0.2) is 0 Å². The second-order valence-electron chi connectivity index (χ2n) is 4.48. The van der Waals surface area contributed by atoms with E-state index in [9.17, 15) is 4.79 Å². The Morgan fingerprint density at radius 1 is 1.47 bits per heavy atom. The molecule has 19 heavy (non-hydrogen) atoms. The van der Waals surface area contributed by atoms with Crippen molar-refractivity contribution in [3.63, 3.8) is 0 Å². The van der Waals surface area contributed by atoms with Gasteiger partial charge in [0.1, 0.15) is 6.42 Å². The summed E-state index contributed by atoms with van der Waals surface area (Å²) in [6.45, 7) is 5.30. The molecule has 0 radical (unpaired) electrons. The number of nitriles is 1. The summed E-state index contributed by atoms with van der Waals surface area (Å²) < 4.78 is 5.34. The zero-order valence-electron chi connectivity index (χ0n) is 11.0. The fourth-order valence-electron chi connectivity index (χ4n) is 2.17. The number of aryl methyl sites for hydroxylation is 1. The van der Waals surface area contributed by atoms with Crippen LogP contribution in [0.2, 0.25) is 0 Å². The molecule has 1 aliphatic rings. The third kappa shape index (κ3) is 3.46. The molecule has 100 valence electrons. The number of morpholine rings is 1. The van der Waals surface area contributed by atoms with Crippen LogP contribution in [-0.4, -0.2) is 32.2 Å². The number of rotatable bonds is 3. The predicted octanol–water partition coefficient (Wildman–Crippen LogP) is 1.68. The molecule has 1 aromatic rings. The van der Waals surface area contributed by atoms with E-state index in [2.05, 4.69) is 10.2 Å². The summed E-state index contributed by atoms with van der Waals surface area (Å²) in [7, 11) is 0. The number of hydrogen-bond acceptors (Lipinski definition) is 4. The van der Waals surface area contributed by atoms with Crippen molar-refractivity contribution in [2.45, 2.75) is 13.3 Å². The molecule has 1 fully saturated rings. The van der Waals surface area contributed by atoms with Crippen LogP contribution in [0.15, 0.2) is 18.2 Å². The predicted molar refractivity (Wildman–Crippen MR) is 73.1 cm³/mol. The Morgan fingerprint density at radius 3 is 2.84 bits per heavy atom. The molecule has 1 saturated heterocycles. The number of anilines is 2. The molecule has 0 bridgehead atoms. The third-order valence-electron chi connectivity index (χ3n) is 3.07. The highest BCUT2D eigenvalue weighted by Gasteiger charge is 2.13. The van der Waals surface area contributed by atoms with E-state index in [4.69, 9.17) is 10.00 Å². The standard InChI is InChI=1S/C14H17N3O2/c1-11-10-12(16-14(18)4-5-15)2-3-13(11)17-6-8-19-9-7-17/h2-3,10H,4,6-9H2,1H3,(H,16,18). The molecule has 2 rings (SSSR count). The Hall–Kier alpha value is -2.06. The Morgan fingerprint density at radius 2 is 2.21 bits per heavy atom. The lowest BCUT2D eigenvalue weighted by Crippen LogP contribution is -2.36. The normalized spacial score (nSPS) is 14.8. The zero-order valence-corrected chi connectivity index (χ0v) is 11.0. The molecule has 0 unspecified atom stereocenters. The van der Waals surface area contributed by atoms with Gasteiger partial charge in [0.2, 0.25) is 5.91 Å². The van der Waals surface area contributed by atoms with E-state index < -0.39 is 0 Å².